The van der Waals surface area contributed by atoms with Crippen molar-refractivity contribution in [3.63, 3.8) is 0 Å². The van der Waals surface area contributed by atoms with Crippen molar-refractivity contribution in [3.05, 3.63) is 82.0 Å². The number of thioether (sulfide) groups is 1. The van der Waals surface area contributed by atoms with Crippen LogP contribution in [0.1, 0.15) is 37.4 Å². The number of para-hydroxylation sites is 2. The molecule has 0 unspecified atom stereocenters. The Bertz CT molecular complexity index is 1360. The molecule has 3 heterocycles. The van der Waals surface area contributed by atoms with E-state index in [4.69, 9.17) is 14.5 Å². The zero-order valence-corrected chi connectivity index (χ0v) is 23.7. The minimum absolute atomic E-state index is 0.0651. The summed E-state index contributed by atoms with van der Waals surface area (Å²) >= 11 is 1.49. The molecule has 2 aromatic rings. The van der Waals surface area contributed by atoms with Gasteiger partial charge in [-0.2, -0.15) is 0 Å². The van der Waals surface area contributed by atoms with Crippen LogP contribution in [0.4, 0.5) is 5.69 Å². The highest BCUT2D eigenvalue weighted by atomic mass is 32.2. The van der Waals surface area contributed by atoms with Gasteiger partial charge in [-0.15, -0.1) is 0 Å². The van der Waals surface area contributed by atoms with E-state index in [0.29, 0.717) is 24.4 Å². The summed E-state index contributed by atoms with van der Waals surface area (Å²) in [6.07, 6.45) is 0.234. The molecular weight excluding hydrogens is 512 g/mol. The number of methoxy groups -OCH3 is 1. The van der Waals surface area contributed by atoms with Crippen molar-refractivity contribution in [1.82, 2.24) is 9.80 Å². The van der Waals surface area contributed by atoms with Crippen LogP contribution < -0.4 is 9.64 Å². The van der Waals surface area contributed by atoms with E-state index in [1.807, 2.05) is 66.6 Å². The number of piperazine rings is 1. The van der Waals surface area contributed by atoms with Crippen LogP contribution >= 0.6 is 11.8 Å². The smallest absolute Gasteiger partial charge is 0.338 e. The summed E-state index contributed by atoms with van der Waals surface area (Å²) in [5, 5.41) is 2.77. The topological polar surface area (TPSA) is 74.7 Å². The van der Waals surface area contributed by atoms with Gasteiger partial charge >= 0.3 is 5.97 Å². The van der Waals surface area contributed by atoms with Crippen LogP contribution in [0.5, 0.6) is 5.75 Å². The van der Waals surface area contributed by atoms with Gasteiger partial charge in [-0.3, -0.25) is 4.79 Å². The van der Waals surface area contributed by atoms with Crippen LogP contribution in [0.25, 0.3) is 0 Å². The Morgan fingerprint density at radius 2 is 1.74 bits per heavy atom. The lowest BCUT2D eigenvalue weighted by Crippen LogP contribution is -2.49. The number of carbonyl (C=O) groups excluding carboxylic acids is 2. The second-order valence-corrected chi connectivity index (χ2v) is 10.5. The van der Waals surface area contributed by atoms with Crippen LogP contribution in [0.15, 0.2) is 75.9 Å². The number of hydrogen-bond donors (Lipinski definition) is 0. The SMILES string of the molecule is CCOC(=O)C1=C(C)N=C2SC=C(CC(=O)N3CCN(c4ccccc4OC)CC3)N2[C@H]1c1ccccc1C. The molecule has 1 fully saturated rings. The highest BCUT2D eigenvalue weighted by molar-refractivity contribution is 8.16. The number of benzene rings is 2. The number of carbonyl (C=O) groups is 2. The van der Waals surface area contributed by atoms with E-state index < -0.39 is 6.04 Å². The molecule has 2 aromatic carbocycles. The van der Waals surface area contributed by atoms with Crippen molar-refractivity contribution in [2.75, 3.05) is 44.8 Å². The maximum Gasteiger partial charge on any atom is 0.338 e. The number of anilines is 1. The largest absolute Gasteiger partial charge is 0.495 e. The Labute approximate surface area is 234 Å². The number of aryl methyl sites for hydroxylation is 1. The predicted molar refractivity (Wildman–Crippen MR) is 155 cm³/mol. The molecule has 1 amide bonds. The lowest BCUT2D eigenvalue weighted by Gasteiger charge is -2.39. The summed E-state index contributed by atoms with van der Waals surface area (Å²) in [5.74, 6) is 0.529. The second-order valence-electron chi connectivity index (χ2n) is 9.69. The van der Waals surface area contributed by atoms with Crippen molar-refractivity contribution in [3.8, 4) is 5.75 Å². The van der Waals surface area contributed by atoms with Gasteiger partial charge in [0, 0.05) is 31.9 Å². The summed E-state index contributed by atoms with van der Waals surface area (Å²) in [6, 6.07) is 15.6. The van der Waals surface area contributed by atoms with Crippen LogP contribution in [0.3, 0.4) is 0 Å². The zero-order chi connectivity index (χ0) is 27.5. The highest BCUT2D eigenvalue weighted by Crippen LogP contribution is 2.45. The van der Waals surface area contributed by atoms with E-state index in [0.717, 1.165) is 46.5 Å². The molecule has 0 aromatic heterocycles. The summed E-state index contributed by atoms with van der Waals surface area (Å²) in [6.45, 7) is 8.71. The van der Waals surface area contributed by atoms with Gasteiger partial charge in [0.05, 0.1) is 43.1 Å². The first-order valence-electron chi connectivity index (χ1n) is 13.3. The van der Waals surface area contributed by atoms with Crippen molar-refractivity contribution in [1.29, 1.82) is 0 Å². The Morgan fingerprint density at radius 3 is 2.46 bits per heavy atom. The summed E-state index contributed by atoms with van der Waals surface area (Å²) < 4.78 is 11.0. The average molecular weight is 547 g/mol. The van der Waals surface area contributed by atoms with Crippen molar-refractivity contribution < 1.29 is 19.1 Å². The molecule has 3 aliphatic heterocycles. The quantitative estimate of drug-likeness (QED) is 0.458. The molecule has 5 rings (SSSR count). The van der Waals surface area contributed by atoms with Gasteiger partial charge in [-0.25, -0.2) is 9.79 Å². The average Bonchev–Trinajstić information content (AvgIpc) is 3.34. The van der Waals surface area contributed by atoms with Gasteiger partial charge in [0.1, 0.15) is 5.75 Å². The number of ether oxygens (including phenoxy) is 2. The lowest BCUT2D eigenvalue weighted by atomic mass is 9.91. The van der Waals surface area contributed by atoms with Gasteiger partial charge in [0.15, 0.2) is 5.17 Å². The molecule has 0 radical (unpaired) electrons. The minimum atomic E-state index is -0.408. The van der Waals surface area contributed by atoms with Crippen LogP contribution in [-0.4, -0.2) is 66.7 Å². The van der Waals surface area contributed by atoms with Gasteiger partial charge < -0.3 is 24.2 Å². The highest BCUT2D eigenvalue weighted by Gasteiger charge is 2.42. The normalized spacial score (nSPS) is 19.0. The number of esters is 1. The monoisotopic (exact) mass is 546 g/mol. The molecule has 1 saturated heterocycles. The van der Waals surface area contributed by atoms with Gasteiger partial charge in [-0.05, 0) is 49.4 Å². The fraction of sp³-hybridized carbons (Fsp3) is 0.367. The standard InChI is InChI=1S/C30H34N4O4S/c1-5-38-29(36)27-21(3)31-30-34(28(27)23-11-7-6-10-20(23)2)22(19-39-30)18-26(35)33-16-14-32(15-17-33)24-12-8-9-13-25(24)37-4/h6-13,19,28H,5,14-18H2,1-4H3/t28-/m0/s1. The van der Waals surface area contributed by atoms with Gasteiger partial charge in [-0.1, -0.05) is 48.2 Å². The number of fused-ring (bicyclic) bond motifs is 1. The Hall–Kier alpha value is -3.72. The van der Waals surface area contributed by atoms with Gasteiger partial charge in [0.2, 0.25) is 5.91 Å². The number of rotatable bonds is 7. The zero-order valence-electron chi connectivity index (χ0n) is 22.8. The first-order chi connectivity index (χ1) is 18.9. The fourth-order valence-corrected chi connectivity index (χ4v) is 6.35. The number of nitrogens with zero attached hydrogens (tertiary/aromatic N) is 4. The van der Waals surface area contributed by atoms with E-state index in [1.165, 1.54) is 11.8 Å². The molecule has 39 heavy (non-hydrogen) atoms. The van der Waals surface area contributed by atoms with Crippen molar-refractivity contribution in [2.45, 2.75) is 33.2 Å². The number of allylic oxidation sites excluding steroid dienone is 1. The molecule has 8 nitrogen and oxygen atoms in total. The third-order valence-electron chi connectivity index (χ3n) is 7.37. The molecule has 0 bridgehead atoms. The molecule has 3 aliphatic rings. The minimum Gasteiger partial charge on any atom is -0.495 e. The molecule has 0 saturated carbocycles. The second kappa shape index (κ2) is 11.6. The number of amidine groups is 1. The maximum atomic E-state index is 13.5. The summed E-state index contributed by atoms with van der Waals surface area (Å²) in [7, 11) is 1.68. The van der Waals surface area contributed by atoms with Crippen LogP contribution in [0, 0.1) is 6.92 Å². The third-order valence-corrected chi connectivity index (χ3v) is 8.26. The van der Waals surface area contributed by atoms with Crippen molar-refractivity contribution in [2.24, 2.45) is 4.99 Å². The molecular formula is C30H34N4O4S. The van der Waals surface area contributed by atoms with E-state index in [2.05, 4.69) is 15.9 Å². The van der Waals surface area contributed by atoms with Crippen molar-refractivity contribution >= 4 is 34.5 Å². The molecule has 1 atom stereocenters. The van der Waals surface area contributed by atoms with Crippen LogP contribution in [0.2, 0.25) is 0 Å². The summed E-state index contributed by atoms with van der Waals surface area (Å²) in [5.41, 5.74) is 5.12. The number of aliphatic imine (C=N–C) groups is 1. The van der Waals surface area contributed by atoms with E-state index in [-0.39, 0.29) is 24.9 Å². The Kier molecular flexibility index (Phi) is 7.97. The number of hydrogen-bond acceptors (Lipinski definition) is 8. The Balaban J connectivity index is 1.35. The van der Waals surface area contributed by atoms with E-state index in [9.17, 15) is 9.59 Å². The maximum absolute atomic E-state index is 13.5. The molecule has 9 heteroatoms. The third kappa shape index (κ3) is 5.28. The molecule has 0 spiro atoms. The fourth-order valence-electron chi connectivity index (χ4n) is 5.38. The molecule has 0 N–H and O–H groups in total. The molecule has 204 valence electrons. The lowest BCUT2D eigenvalue weighted by molar-refractivity contribution is -0.139. The summed E-state index contributed by atoms with van der Waals surface area (Å²) in [4.78, 5) is 37.7. The van der Waals surface area contributed by atoms with E-state index >= 15 is 0 Å². The predicted octanol–water partition coefficient (Wildman–Crippen LogP) is 4.88. The Morgan fingerprint density at radius 1 is 1.03 bits per heavy atom. The number of amides is 1. The van der Waals surface area contributed by atoms with Crippen LogP contribution in [-0.2, 0) is 14.3 Å². The molecule has 0 aliphatic carbocycles. The van der Waals surface area contributed by atoms with E-state index in [1.54, 1.807) is 14.0 Å². The first-order valence-corrected chi connectivity index (χ1v) is 14.1. The first kappa shape index (κ1) is 26.9. The van der Waals surface area contributed by atoms with Gasteiger partial charge in [0.25, 0.3) is 0 Å².